The van der Waals surface area contributed by atoms with Gasteiger partial charge in [0.1, 0.15) is 6.10 Å². The third kappa shape index (κ3) is 1.81. The van der Waals surface area contributed by atoms with E-state index in [0.717, 1.165) is 11.4 Å². The second-order valence-corrected chi connectivity index (χ2v) is 4.46. The minimum absolute atomic E-state index is 0.0144. The molecule has 1 aliphatic rings. The molecule has 0 aromatic carbocycles. The number of carbonyl (C=O) groups excluding carboxylic acids is 1. The van der Waals surface area contributed by atoms with E-state index in [1.807, 2.05) is 28.9 Å². The van der Waals surface area contributed by atoms with Crippen LogP contribution < -0.4 is 4.74 Å². The molecule has 0 spiro atoms. The van der Waals surface area contributed by atoms with Crippen LogP contribution in [0.15, 0.2) is 30.7 Å². The molecule has 1 aliphatic carbocycles. The summed E-state index contributed by atoms with van der Waals surface area (Å²) in [5.41, 5.74) is 0.805. The first kappa shape index (κ1) is 11.1. The van der Waals surface area contributed by atoms with Crippen LogP contribution in [0.5, 0.6) is 5.75 Å². The van der Waals surface area contributed by atoms with E-state index in [9.17, 15) is 4.79 Å². The van der Waals surface area contributed by atoms with Gasteiger partial charge in [-0.05, 0) is 25.0 Å². The average molecular weight is 246 g/mol. The van der Waals surface area contributed by atoms with E-state index >= 15 is 0 Å². The fourth-order valence-electron chi connectivity index (χ4n) is 2.21. The molecule has 2 aromatic rings. The Kier molecular flexibility index (Phi) is 2.66. The standard InChI is InChI=1S/C13H14N2O3/c1-17-13(16)9-7-10(8-9)18-11-3-2-5-15-6-4-14-12(11)15/h2-6,9-10H,7-8H2,1H3. The molecule has 0 radical (unpaired) electrons. The Hall–Kier alpha value is -2.04. The minimum atomic E-state index is -0.145. The molecule has 0 atom stereocenters. The monoisotopic (exact) mass is 246 g/mol. The summed E-state index contributed by atoms with van der Waals surface area (Å²) >= 11 is 0. The Morgan fingerprint density at radius 3 is 3.06 bits per heavy atom. The van der Waals surface area contributed by atoms with Crippen molar-refractivity contribution in [2.75, 3.05) is 7.11 Å². The predicted octanol–water partition coefficient (Wildman–Crippen LogP) is 1.66. The van der Waals surface area contributed by atoms with Gasteiger partial charge < -0.3 is 13.9 Å². The number of fused-ring (bicyclic) bond motifs is 1. The van der Waals surface area contributed by atoms with E-state index in [1.54, 1.807) is 6.20 Å². The van der Waals surface area contributed by atoms with Gasteiger partial charge >= 0.3 is 5.97 Å². The second kappa shape index (κ2) is 4.33. The molecule has 0 saturated heterocycles. The van der Waals surface area contributed by atoms with Crippen molar-refractivity contribution >= 4 is 11.6 Å². The van der Waals surface area contributed by atoms with Crippen LogP contribution in [0.1, 0.15) is 12.8 Å². The summed E-state index contributed by atoms with van der Waals surface area (Å²) in [6.07, 6.45) is 7.05. The number of ether oxygens (including phenoxy) is 2. The third-order valence-corrected chi connectivity index (χ3v) is 3.31. The number of hydrogen-bond acceptors (Lipinski definition) is 4. The number of rotatable bonds is 3. The van der Waals surface area contributed by atoms with Crippen LogP contribution in [-0.2, 0) is 9.53 Å². The van der Waals surface area contributed by atoms with Gasteiger partial charge in [-0.1, -0.05) is 0 Å². The van der Waals surface area contributed by atoms with Gasteiger partial charge in [0, 0.05) is 18.6 Å². The summed E-state index contributed by atoms with van der Waals surface area (Å²) in [6, 6.07) is 3.81. The van der Waals surface area contributed by atoms with Crippen LogP contribution in [0.3, 0.4) is 0 Å². The van der Waals surface area contributed by atoms with Gasteiger partial charge in [0.15, 0.2) is 11.4 Å². The smallest absolute Gasteiger partial charge is 0.308 e. The summed E-state index contributed by atoms with van der Waals surface area (Å²) in [7, 11) is 1.42. The van der Waals surface area contributed by atoms with Crippen LogP contribution in [-0.4, -0.2) is 28.6 Å². The van der Waals surface area contributed by atoms with Gasteiger partial charge in [0.05, 0.1) is 13.0 Å². The SMILES string of the molecule is COC(=O)C1CC(Oc2cccn3ccnc23)C1. The van der Waals surface area contributed by atoms with Crippen molar-refractivity contribution in [3.05, 3.63) is 30.7 Å². The third-order valence-electron chi connectivity index (χ3n) is 3.31. The normalized spacial score (nSPS) is 22.5. The molecule has 0 aliphatic heterocycles. The highest BCUT2D eigenvalue weighted by atomic mass is 16.5. The van der Waals surface area contributed by atoms with E-state index in [-0.39, 0.29) is 18.0 Å². The van der Waals surface area contributed by atoms with Crippen molar-refractivity contribution in [2.45, 2.75) is 18.9 Å². The molecule has 0 bridgehead atoms. The summed E-state index contributed by atoms with van der Waals surface area (Å²) < 4.78 is 12.5. The molecule has 5 heteroatoms. The molecule has 2 aromatic heterocycles. The van der Waals surface area contributed by atoms with Crippen molar-refractivity contribution in [3.8, 4) is 5.75 Å². The molecule has 94 valence electrons. The molecule has 2 heterocycles. The summed E-state index contributed by atoms with van der Waals surface area (Å²) in [5, 5.41) is 0. The molecule has 1 saturated carbocycles. The van der Waals surface area contributed by atoms with E-state index in [1.165, 1.54) is 7.11 Å². The summed E-state index contributed by atoms with van der Waals surface area (Å²) in [5.74, 6) is 0.601. The van der Waals surface area contributed by atoms with Crippen molar-refractivity contribution < 1.29 is 14.3 Å². The first-order valence-electron chi connectivity index (χ1n) is 5.94. The Labute approximate surface area is 104 Å². The molecular formula is C13H14N2O3. The number of imidazole rings is 1. The zero-order valence-corrected chi connectivity index (χ0v) is 10.1. The zero-order valence-electron chi connectivity index (χ0n) is 10.1. The maximum Gasteiger partial charge on any atom is 0.308 e. The van der Waals surface area contributed by atoms with Gasteiger partial charge in [-0.25, -0.2) is 4.98 Å². The fourth-order valence-corrected chi connectivity index (χ4v) is 2.21. The largest absolute Gasteiger partial charge is 0.486 e. The number of methoxy groups -OCH3 is 1. The molecular weight excluding hydrogens is 232 g/mol. The number of esters is 1. The predicted molar refractivity (Wildman–Crippen MR) is 64.3 cm³/mol. The van der Waals surface area contributed by atoms with Crippen molar-refractivity contribution in [2.24, 2.45) is 5.92 Å². The minimum Gasteiger partial charge on any atom is -0.486 e. The number of pyridine rings is 1. The molecule has 0 N–H and O–H groups in total. The zero-order chi connectivity index (χ0) is 12.5. The highest BCUT2D eigenvalue weighted by molar-refractivity contribution is 5.73. The number of aromatic nitrogens is 2. The summed E-state index contributed by atoms with van der Waals surface area (Å²) in [4.78, 5) is 15.5. The van der Waals surface area contributed by atoms with E-state index in [0.29, 0.717) is 12.8 Å². The lowest BCUT2D eigenvalue weighted by Gasteiger charge is -2.33. The van der Waals surface area contributed by atoms with Crippen molar-refractivity contribution in [1.82, 2.24) is 9.38 Å². The molecule has 18 heavy (non-hydrogen) atoms. The van der Waals surface area contributed by atoms with Crippen LogP contribution in [0.25, 0.3) is 5.65 Å². The molecule has 5 nitrogen and oxygen atoms in total. The van der Waals surface area contributed by atoms with Crippen LogP contribution >= 0.6 is 0 Å². The lowest BCUT2D eigenvalue weighted by molar-refractivity contribution is -0.151. The van der Waals surface area contributed by atoms with Gasteiger partial charge in [-0.2, -0.15) is 0 Å². The summed E-state index contributed by atoms with van der Waals surface area (Å²) in [6.45, 7) is 0. The van der Waals surface area contributed by atoms with Gasteiger partial charge in [0.25, 0.3) is 0 Å². The molecule has 1 fully saturated rings. The first-order valence-corrected chi connectivity index (χ1v) is 5.94. The molecule has 3 rings (SSSR count). The Morgan fingerprint density at radius 1 is 1.44 bits per heavy atom. The van der Waals surface area contributed by atoms with Gasteiger partial charge in [-0.3, -0.25) is 4.79 Å². The quantitative estimate of drug-likeness (QED) is 0.773. The average Bonchev–Trinajstić information content (AvgIpc) is 2.81. The number of nitrogens with zero attached hydrogens (tertiary/aromatic N) is 2. The topological polar surface area (TPSA) is 52.8 Å². The van der Waals surface area contributed by atoms with E-state index < -0.39 is 0 Å². The highest BCUT2D eigenvalue weighted by Gasteiger charge is 2.37. The maximum absolute atomic E-state index is 11.3. The van der Waals surface area contributed by atoms with Crippen LogP contribution in [0.4, 0.5) is 0 Å². The van der Waals surface area contributed by atoms with Gasteiger partial charge in [0.2, 0.25) is 0 Å². The number of carbonyl (C=O) groups is 1. The fraction of sp³-hybridized carbons (Fsp3) is 0.385. The highest BCUT2D eigenvalue weighted by Crippen LogP contribution is 2.33. The lowest BCUT2D eigenvalue weighted by Crippen LogP contribution is -2.38. The van der Waals surface area contributed by atoms with Crippen molar-refractivity contribution in [3.63, 3.8) is 0 Å². The molecule has 0 amide bonds. The van der Waals surface area contributed by atoms with E-state index in [2.05, 4.69) is 4.98 Å². The lowest BCUT2D eigenvalue weighted by atomic mass is 9.82. The Morgan fingerprint density at radius 2 is 2.28 bits per heavy atom. The van der Waals surface area contributed by atoms with Crippen LogP contribution in [0, 0.1) is 5.92 Å². The Balaban J connectivity index is 1.68. The van der Waals surface area contributed by atoms with E-state index in [4.69, 9.17) is 9.47 Å². The van der Waals surface area contributed by atoms with Crippen molar-refractivity contribution in [1.29, 1.82) is 0 Å². The van der Waals surface area contributed by atoms with Crippen LogP contribution in [0.2, 0.25) is 0 Å². The second-order valence-electron chi connectivity index (χ2n) is 4.46. The molecule has 0 unspecified atom stereocenters. The Bertz CT molecular complexity index is 572. The number of hydrogen-bond donors (Lipinski definition) is 0. The first-order chi connectivity index (χ1) is 8.78. The maximum atomic E-state index is 11.3. The van der Waals surface area contributed by atoms with Gasteiger partial charge in [-0.15, -0.1) is 0 Å².